The Morgan fingerprint density at radius 1 is 1.21 bits per heavy atom. The van der Waals surface area contributed by atoms with Crippen LogP contribution in [0, 0.1) is 0 Å². The number of nitrogens with zero attached hydrogens (tertiary/aromatic N) is 4. The summed E-state index contributed by atoms with van der Waals surface area (Å²) in [6, 6.07) is 12.6. The molecule has 2 aromatic rings. The first-order valence-electron chi connectivity index (χ1n) is 9.99. The number of carbonyl (C=O) groups is 1. The van der Waals surface area contributed by atoms with Gasteiger partial charge in [0.25, 0.3) is 0 Å². The number of aromatic nitrogens is 2. The number of anilines is 2. The second-order valence-electron chi connectivity index (χ2n) is 6.84. The average molecular weight is 383 g/mol. The summed E-state index contributed by atoms with van der Waals surface area (Å²) < 4.78 is 5.07. The molecule has 1 aliphatic rings. The highest BCUT2D eigenvalue weighted by Crippen LogP contribution is 2.18. The van der Waals surface area contributed by atoms with Gasteiger partial charge in [-0.1, -0.05) is 30.3 Å². The third kappa shape index (κ3) is 5.34. The van der Waals surface area contributed by atoms with Crippen molar-refractivity contribution in [2.45, 2.75) is 39.3 Å². The van der Waals surface area contributed by atoms with Crippen molar-refractivity contribution in [1.82, 2.24) is 14.9 Å². The third-order valence-electron chi connectivity index (χ3n) is 4.92. The van der Waals surface area contributed by atoms with Crippen LogP contribution in [0.25, 0.3) is 0 Å². The lowest BCUT2D eigenvalue weighted by Gasteiger charge is -2.31. The Morgan fingerprint density at radius 2 is 1.96 bits per heavy atom. The van der Waals surface area contributed by atoms with Crippen molar-refractivity contribution >= 4 is 17.9 Å². The molecule has 28 heavy (non-hydrogen) atoms. The molecule has 1 aliphatic heterocycles. The zero-order valence-electron chi connectivity index (χ0n) is 16.7. The molecular formula is C21H29N5O2. The first-order valence-corrected chi connectivity index (χ1v) is 9.99. The molecule has 7 nitrogen and oxygen atoms in total. The second kappa shape index (κ2) is 9.92. The van der Waals surface area contributed by atoms with Crippen LogP contribution in [0.5, 0.6) is 0 Å². The van der Waals surface area contributed by atoms with Gasteiger partial charge in [-0.05, 0) is 38.3 Å². The largest absolute Gasteiger partial charge is 0.450 e. The maximum absolute atomic E-state index is 11.8. The van der Waals surface area contributed by atoms with Crippen LogP contribution in [0.1, 0.15) is 32.3 Å². The van der Waals surface area contributed by atoms with Crippen LogP contribution in [0.15, 0.2) is 42.6 Å². The minimum absolute atomic E-state index is 0.223. The normalized spacial score (nSPS) is 14.6. The van der Waals surface area contributed by atoms with Gasteiger partial charge < -0.3 is 19.9 Å². The van der Waals surface area contributed by atoms with E-state index in [0.29, 0.717) is 25.6 Å². The van der Waals surface area contributed by atoms with Crippen molar-refractivity contribution in [2.24, 2.45) is 0 Å². The molecule has 3 rings (SSSR count). The highest BCUT2D eigenvalue weighted by Gasteiger charge is 2.24. The van der Waals surface area contributed by atoms with E-state index in [-0.39, 0.29) is 12.1 Å². The molecule has 0 atom stereocenters. The van der Waals surface area contributed by atoms with E-state index >= 15 is 0 Å². The van der Waals surface area contributed by atoms with Gasteiger partial charge in [0.15, 0.2) is 0 Å². The average Bonchev–Trinajstić information content (AvgIpc) is 2.73. The Balaban J connectivity index is 1.58. The number of piperidine rings is 1. The molecule has 0 aliphatic carbocycles. The van der Waals surface area contributed by atoms with Gasteiger partial charge in [0.1, 0.15) is 5.82 Å². The molecule has 0 spiro atoms. The lowest BCUT2D eigenvalue weighted by Crippen LogP contribution is -2.42. The smallest absolute Gasteiger partial charge is 0.409 e. The summed E-state index contributed by atoms with van der Waals surface area (Å²) in [5.41, 5.74) is 1.25. The van der Waals surface area contributed by atoms with Gasteiger partial charge in [-0.15, -0.1) is 0 Å². The van der Waals surface area contributed by atoms with Crippen LogP contribution in [-0.2, 0) is 11.3 Å². The molecule has 0 unspecified atom stereocenters. The number of ether oxygens (including phenoxy) is 1. The molecule has 7 heteroatoms. The van der Waals surface area contributed by atoms with E-state index in [0.717, 1.165) is 31.7 Å². The van der Waals surface area contributed by atoms with Crippen LogP contribution in [0.2, 0.25) is 0 Å². The maximum atomic E-state index is 11.8. The molecule has 0 bridgehead atoms. The van der Waals surface area contributed by atoms with Gasteiger partial charge in [-0.3, -0.25) is 0 Å². The molecule has 1 aromatic heterocycles. The predicted molar refractivity (Wildman–Crippen MR) is 110 cm³/mol. The number of hydrogen-bond acceptors (Lipinski definition) is 6. The van der Waals surface area contributed by atoms with E-state index in [1.807, 2.05) is 19.1 Å². The molecular weight excluding hydrogens is 354 g/mol. The van der Waals surface area contributed by atoms with E-state index in [1.54, 1.807) is 11.1 Å². The fraction of sp³-hybridized carbons (Fsp3) is 0.476. The zero-order chi connectivity index (χ0) is 19.8. The van der Waals surface area contributed by atoms with Crippen molar-refractivity contribution in [3.05, 3.63) is 48.2 Å². The van der Waals surface area contributed by atoms with E-state index in [2.05, 4.69) is 46.4 Å². The monoisotopic (exact) mass is 383 g/mol. The molecule has 0 saturated carbocycles. The first kappa shape index (κ1) is 19.9. The van der Waals surface area contributed by atoms with Crippen LogP contribution in [0.3, 0.4) is 0 Å². The SMILES string of the molecule is CCOC(=O)N1CCC(Nc2nccc(N(CC)Cc3ccccc3)n2)CC1. The van der Waals surface area contributed by atoms with Crippen molar-refractivity contribution < 1.29 is 9.53 Å². The van der Waals surface area contributed by atoms with E-state index in [1.165, 1.54) is 5.56 Å². The second-order valence-corrected chi connectivity index (χ2v) is 6.84. The quantitative estimate of drug-likeness (QED) is 0.789. The third-order valence-corrected chi connectivity index (χ3v) is 4.92. The van der Waals surface area contributed by atoms with Crippen LogP contribution >= 0.6 is 0 Å². The van der Waals surface area contributed by atoms with Crippen LogP contribution < -0.4 is 10.2 Å². The maximum Gasteiger partial charge on any atom is 0.409 e. The van der Waals surface area contributed by atoms with Gasteiger partial charge in [0.2, 0.25) is 5.95 Å². The molecule has 1 N–H and O–H groups in total. The Bertz CT molecular complexity index is 747. The molecule has 150 valence electrons. The van der Waals surface area contributed by atoms with Gasteiger partial charge in [0, 0.05) is 38.4 Å². The van der Waals surface area contributed by atoms with Gasteiger partial charge in [-0.25, -0.2) is 9.78 Å². The van der Waals surface area contributed by atoms with E-state index in [9.17, 15) is 4.79 Å². The van der Waals surface area contributed by atoms with Crippen molar-refractivity contribution in [3.63, 3.8) is 0 Å². The van der Waals surface area contributed by atoms with Crippen LogP contribution in [-0.4, -0.2) is 53.2 Å². The Labute approximate surface area is 166 Å². The van der Waals surface area contributed by atoms with Crippen molar-refractivity contribution in [1.29, 1.82) is 0 Å². The van der Waals surface area contributed by atoms with Crippen molar-refractivity contribution in [3.8, 4) is 0 Å². The predicted octanol–water partition coefficient (Wildman–Crippen LogP) is 3.54. The lowest BCUT2D eigenvalue weighted by atomic mass is 10.1. The number of carbonyl (C=O) groups excluding carboxylic acids is 1. The minimum Gasteiger partial charge on any atom is -0.450 e. The fourth-order valence-corrected chi connectivity index (χ4v) is 3.36. The molecule has 1 aromatic carbocycles. The first-order chi connectivity index (χ1) is 13.7. The molecule has 0 radical (unpaired) electrons. The summed E-state index contributed by atoms with van der Waals surface area (Å²) in [6.45, 7) is 7.41. The molecule has 1 amide bonds. The van der Waals surface area contributed by atoms with E-state index < -0.39 is 0 Å². The van der Waals surface area contributed by atoms with E-state index in [4.69, 9.17) is 9.72 Å². The standard InChI is InChI=1S/C21H29N5O2/c1-3-25(16-17-8-6-5-7-9-17)19-10-13-22-20(24-19)23-18-11-14-26(15-12-18)21(27)28-4-2/h5-10,13,18H,3-4,11-12,14-16H2,1-2H3,(H,22,23,24). The number of benzene rings is 1. The molecule has 1 fully saturated rings. The minimum atomic E-state index is -0.223. The Hall–Kier alpha value is -2.83. The van der Waals surface area contributed by atoms with Crippen LogP contribution in [0.4, 0.5) is 16.6 Å². The lowest BCUT2D eigenvalue weighted by molar-refractivity contribution is 0.0983. The zero-order valence-corrected chi connectivity index (χ0v) is 16.7. The summed E-state index contributed by atoms with van der Waals surface area (Å²) in [7, 11) is 0. The number of hydrogen-bond donors (Lipinski definition) is 1. The highest BCUT2D eigenvalue weighted by molar-refractivity contribution is 5.67. The fourth-order valence-electron chi connectivity index (χ4n) is 3.36. The Morgan fingerprint density at radius 3 is 2.64 bits per heavy atom. The van der Waals surface area contributed by atoms with Gasteiger partial charge >= 0.3 is 6.09 Å². The summed E-state index contributed by atoms with van der Waals surface area (Å²) in [5.74, 6) is 1.55. The molecule has 2 heterocycles. The molecule has 1 saturated heterocycles. The number of nitrogens with one attached hydrogen (secondary N) is 1. The topological polar surface area (TPSA) is 70.6 Å². The summed E-state index contributed by atoms with van der Waals surface area (Å²) in [6.07, 6.45) is 3.28. The number of amides is 1. The summed E-state index contributed by atoms with van der Waals surface area (Å²) in [4.78, 5) is 24.9. The van der Waals surface area contributed by atoms with Crippen molar-refractivity contribution in [2.75, 3.05) is 36.5 Å². The summed E-state index contributed by atoms with van der Waals surface area (Å²) >= 11 is 0. The summed E-state index contributed by atoms with van der Waals surface area (Å²) in [5, 5.41) is 3.43. The highest BCUT2D eigenvalue weighted by atomic mass is 16.6. The Kier molecular flexibility index (Phi) is 7.06. The van der Waals surface area contributed by atoms with Gasteiger partial charge in [-0.2, -0.15) is 4.98 Å². The number of rotatable bonds is 7. The number of likely N-dealkylation sites (tertiary alicyclic amines) is 1. The van der Waals surface area contributed by atoms with Gasteiger partial charge in [0.05, 0.1) is 6.61 Å².